The maximum absolute atomic E-state index is 12.3. The third kappa shape index (κ3) is 3.94. The summed E-state index contributed by atoms with van der Waals surface area (Å²) in [5, 5.41) is 4.25. The van der Waals surface area contributed by atoms with Gasteiger partial charge in [0.15, 0.2) is 0 Å². The molecule has 3 rings (SSSR count). The number of anilines is 1. The first-order chi connectivity index (χ1) is 12.2. The number of nitrogens with one attached hydrogen (secondary N) is 1. The van der Waals surface area contributed by atoms with E-state index in [4.69, 9.17) is 0 Å². The van der Waals surface area contributed by atoms with Gasteiger partial charge in [-0.3, -0.25) is 9.59 Å². The van der Waals surface area contributed by atoms with Crippen LogP contribution in [0.4, 0.5) is 5.69 Å². The van der Waals surface area contributed by atoms with Crippen LogP contribution in [0.15, 0.2) is 59.7 Å². The molecule has 0 bridgehead atoms. The Morgan fingerprint density at radius 3 is 2.40 bits per heavy atom. The van der Waals surface area contributed by atoms with Crippen molar-refractivity contribution in [3.63, 3.8) is 0 Å². The second kappa shape index (κ2) is 7.75. The van der Waals surface area contributed by atoms with Crippen LogP contribution < -0.4 is 10.3 Å². The van der Waals surface area contributed by atoms with Crippen molar-refractivity contribution in [1.29, 1.82) is 0 Å². The van der Waals surface area contributed by atoms with Crippen molar-refractivity contribution in [1.82, 2.24) is 5.43 Å². The predicted molar refractivity (Wildman–Crippen MR) is 98.8 cm³/mol. The number of carbonyl (C=O) groups excluding carboxylic acids is 2. The molecule has 0 unspecified atom stereocenters. The quantitative estimate of drug-likeness (QED) is 0.673. The number of hydrazone groups is 1. The lowest BCUT2D eigenvalue weighted by Crippen LogP contribution is -2.24. The summed E-state index contributed by atoms with van der Waals surface area (Å²) in [5.74, 6) is -0.126. The van der Waals surface area contributed by atoms with E-state index in [0.29, 0.717) is 12.0 Å². The highest BCUT2D eigenvalue weighted by molar-refractivity contribution is 6.02. The Labute approximate surface area is 147 Å². The standard InChI is InChI=1S/C20H21N3O2/c1-2-18(15-7-4-3-5-8-15)21-22-20(25)16-10-12-17(13-11-16)23-14-6-9-19(23)24/h3-5,7-8,10-13H,2,6,9,14H2,1H3,(H,22,25). The highest BCUT2D eigenvalue weighted by atomic mass is 16.2. The highest BCUT2D eigenvalue weighted by Crippen LogP contribution is 2.21. The third-order valence-corrected chi connectivity index (χ3v) is 4.25. The number of carbonyl (C=O) groups is 2. The number of benzene rings is 2. The molecule has 128 valence electrons. The van der Waals surface area contributed by atoms with E-state index in [1.807, 2.05) is 37.3 Å². The van der Waals surface area contributed by atoms with Gasteiger partial charge in [-0.15, -0.1) is 0 Å². The van der Waals surface area contributed by atoms with Gasteiger partial charge in [0.2, 0.25) is 5.91 Å². The number of rotatable bonds is 5. The lowest BCUT2D eigenvalue weighted by atomic mass is 10.1. The molecule has 1 fully saturated rings. The molecule has 1 N–H and O–H groups in total. The van der Waals surface area contributed by atoms with E-state index in [0.717, 1.165) is 36.3 Å². The lowest BCUT2D eigenvalue weighted by Gasteiger charge is -2.15. The zero-order valence-corrected chi connectivity index (χ0v) is 14.2. The van der Waals surface area contributed by atoms with Crippen molar-refractivity contribution in [3.8, 4) is 0 Å². The number of amides is 2. The first kappa shape index (κ1) is 16.9. The molecule has 0 radical (unpaired) electrons. The molecule has 1 aliphatic rings. The molecule has 0 aliphatic carbocycles. The average Bonchev–Trinajstić information content (AvgIpc) is 3.09. The Morgan fingerprint density at radius 1 is 1.08 bits per heavy atom. The molecule has 2 aromatic carbocycles. The summed E-state index contributed by atoms with van der Waals surface area (Å²) in [6.07, 6.45) is 2.20. The lowest BCUT2D eigenvalue weighted by molar-refractivity contribution is -0.117. The van der Waals surface area contributed by atoms with Gasteiger partial charge < -0.3 is 4.90 Å². The van der Waals surface area contributed by atoms with Gasteiger partial charge in [0, 0.05) is 24.2 Å². The van der Waals surface area contributed by atoms with Crippen molar-refractivity contribution >= 4 is 23.2 Å². The van der Waals surface area contributed by atoms with Gasteiger partial charge in [-0.1, -0.05) is 37.3 Å². The molecule has 5 heteroatoms. The fourth-order valence-electron chi connectivity index (χ4n) is 2.87. The number of hydrogen-bond acceptors (Lipinski definition) is 3. The SMILES string of the molecule is CCC(=NNC(=O)c1ccc(N2CCCC2=O)cc1)c1ccccc1. The Kier molecular flexibility index (Phi) is 5.23. The third-order valence-electron chi connectivity index (χ3n) is 4.25. The molecule has 2 amide bonds. The predicted octanol–water partition coefficient (Wildman–Crippen LogP) is 3.36. The summed E-state index contributed by atoms with van der Waals surface area (Å²) in [5.41, 5.74) is 5.79. The molecule has 2 aromatic rings. The van der Waals surface area contributed by atoms with E-state index < -0.39 is 0 Å². The minimum atomic E-state index is -0.263. The van der Waals surface area contributed by atoms with Crippen LogP contribution in [0.1, 0.15) is 42.1 Å². The van der Waals surface area contributed by atoms with Gasteiger partial charge in [-0.05, 0) is 42.7 Å². The van der Waals surface area contributed by atoms with Crippen LogP contribution in [0.5, 0.6) is 0 Å². The van der Waals surface area contributed by atoms with Crippen LogP contribution >= 0.6 is 0 Å². The maximum atomic E-state index is 12.3. The highest BCUT2D eigenvalue weighted by Gasteiger charge is 2.21. The van der Waals surface area contributed by atoms with Gasteiger partial charge >= 0.3 is 0 Å². The smallest absolute Gasteiger partial charge is 0.271 e. The number of nitrogens with zero attached hydrogens (tertiary/aromatic N) is 2. The van der Waals surface area contributed by atoms with Crippen LogP contribution in [0.3, 0.4) is 0 Å². The minimum absolute atomic E-state index is 0.136. The number of hydrogen-bond donors (Lipinski definition) is 1. The maximum Gasteiger partial charge on any atom is 0.271 e. The van der Waals surface area contributed by atoms with Crippen molar-refractivity contribution in [2.45, 2.75) is 26.2 Å². The van der Waals surface area contributed by atoms with Gasteiger partial charge in [0.05, 0.1) is 5.71 Å². The summed E-state index contributed by atoms with van der Waals surface area (Å²) in [6, 6.07) is 16.8. The Morgan fingerprint density at radius 2 is 1.80 bits per heavy atom. The molecule has 0 atom stereocenters. The van der Waals surface area contributed by atoms with Crippen molar-refractivity contribution in [2.24, 2.45) is 5.10 Å². The van der Waals surface area contributed by atoms with E-state index in [1.54, 1.807) is 29.2 Å². The Balaban J connectivity index is 1.68. The van der Waals surface area contributed by atoms with Crippen LogP contribution in [-0.4, -0.2) is 24.1 Å². The van der Waals surface area contributed by atoms with E-state index in [2.05, 4.69) is 10.5 Å². The molecular formula is C20H21N3O2. The molecule has 25 heavy (non-hydrogen) atoms. The zero-order chi connectivity index (χ0) is 17.6. The molecule has 5 nitrogen and oxygen atoms in total. The van der Waals surface area contributed by atoms with Crippen molar-refractivity contribution < 1.29 is 9.59 Å². The second-order valence-electron chi connectivity index (χ2n) is 5.91. The Hall–Kier alpha value is -2.95. The summed E-state index contributed by atoms with van der Waals surface area (Å²) in [4.78, 5) is 25.8. The minimum Gasteiger partial charge on any atom is -0.312 e. The molecule has 0 aromatic heterocycles. The fourth-order valence-corrected chi connectivity index (χ4v) is 2.87. The first-order valence-electron chi connectivity index (χ1n) is 8.52. The fraction of sp³-hybridized carbons (Fsp3) is 0.250. The molecule has 0 saturated carbocycles. The average molecular weight is 335 g/mol. The van der Waals surface area contributed by atoms with E-state index in [-0.39, 0.29) is 11.8 Å². The van der Waals surface area contributed by atoms with Crippen LogP contribution in [0.25, 0.3) is 0 Å². The molecule has 1 heterocycles. The first-order valence-corrected chi connectivity index (χ1v) is 8.52. The monoisotopic (exact) mass is 335 g/mol. The van der Waals surface area contributed by atoms with E-state index in [1.165, 1.54) is 0 Å². The van der Waals surface area contributed by atoms with Gasteiger partial charge in [-0.25, -0.2) is 5.43 Å². The van der Waals surface area contributed by atoms with Crippen molar-refractivity contribution in [2.75, 3.05) is 11.4 Å². The summed E-state index contributed by atoms with van der Waals surface area (Å²) < 4.78 is 0. The molecular weight excluding hydrogens is 314 g/mol. The van der Waals surface area contributed by atoms with Gasteiger partial charge in [0.1, 0.15) is 0 Å². The summed E-state index contributed by atoms with van der Waals surface area (Å²) in [7, 11) is 0. The van der Waals surface area contributed by atoms with Crippen LogP contribution in [0.2, 0.25) is 0 Å². The van der Waals surface area contributed by atoms with E-state index in [9.17, 15) is 9.59 Å². The summed E-state index contributed by atoms with van der Waals surface area (Å²) >= 11 is 0. The zero-order valence-electron chi connectivity index (χ0n) is 14.2. The summed E-state index contributed by atoms with van der Waals surface area (Å²) in [6.45, 7) is 2.74. The van der Waals surface area contributed by atoms with Crippen LogP contribution in [-0.2, 0) is 4.79 Å². The second-order valence-corrected chi connectivity index (χ2v) is 5.91. The largest absolute Gasteiger partial charge is 0.312 e. The molecule has 0 spiro atoms. The Bertz CT molecular complexity index is 782. The molecule has 1 saturated heterocycles. The topological polar surface area (TPSA) is 61.8 Å². The van der Waals surface area contributed by atoms with E-state index >= 15 is 0 Å². The van der Waals surface area contributed by atoms with Gasteiger partial charge in [-0.2, -0.15) is 5.10 Å². The van der Waals surface area contributed by atoms with Crippen molar-refractivity contribution in [3.05, 3.63) is 65.7 Å². The normalized spacial score (nSPS) is 14.7. The van der Waals surface area contributed by atoms with Gasteiger partial charge in [0.25, 0.3) is 5.91 Å². The van der Waals surface area contributed by atoms with Crippen LogP contribution in [0, 0.1) is 0 Å². The molecule has 1 aliphatic heterocycles.